The van der Waals surface area contributed by atoms with Gasteiger partial charge in [-0.15, -0.1) is 0 Å². The zero-order valence-corrected chi connectivity index (χ0v) is 10.8. The number of hydrogen-bond donors (Lipinski definition) is 2. The lowest BCUT2D eigenvalue weighted by molar-refractivity contribution is 0.538. The Morgan fingerprint density at radius 2 is 2.06 bits per heavy atom. The zero-order valence-electron chi connectivity index (χ0n) is 10.0. The summed E-state index contributed by atoms with van der Waals surface area (Å²) in [6.07, 6.45) is 0.999. The lowest BCUT2D eigenvalue weighted by Crippen LogP contribution is -2.31. The molecule has 6 heteroatoms. The van der Waals surface area contributed by atoms with Gasteiger partial charge in [0.05, 0.1) is 5.75 Å². The lowest BCUT2D eigenvalue weighted by Gasteiger charge is -2.10. The molecule has 1 aliphatic heterocycles. The number of halogens is 1. The molecule has 1 aliphatic rings. The fraction of sp³-hybridized carbons (Fsp3) is 0.500. The molecule has 1 saturated heterocycles. The first-order chi connectivity index (χ1) is 8.55. The quantitative estimate of drug-likeness (QED) is 0.835. The van der Waals surface area contributed by atoms with Gasteiger partial charge in [-0.1, -0.05) is 12.1 Å². The Balaban J connectivity index is 1.88. The third-order valence-corrected chi connectivity index (χ3v) is 4.34. The van der Waals surface area contributed by atoms with E-state index >= 15 is 0 Å². The van der Waals surface area contributed by atoms with Gasteiger partial charge in [-0.05, 0) is 43.1 Å². The van der Waals surface area contributed by atoms with Gasteiger partial charge in [0.25, 0.3) is 0 Å². The van der Waals surface area contributed by atoms with Crippen molar-refractivity contribution in [3.63, 3.8) is 0 Å². The smallest absolute Gasteiger partial charge is 0.215 e. The summed E-state index contributed by atoms with van der Waals surface area (Å²) in [6.45, 7) is 2.28. The summed E-state index contributed by atoms with van der Waals surface area (Å²) in [6, 6.07) is 5.52. The van der Waals surface area contributed by atoms with Gasteiger partial charge in [-0.2, -0.15) is 0 Å². The summed E-state index contributed by atoms with van der Waals surface area (Å²) in [5.41, 5.74) is 0.591. The molecule has 4 nitrogen and oxygen atoms in total. The van der Waals surface area contributed by atoms with Crippen molar-refractivity contribution in [2.45, 2.75) is 12.2 Å². The van der Waals surface area contributed by atoms with E-state index in [2.05, 4.69) is 10.0 Å². The monoisotopic (exact) mass is 272 g/mol. The highest BCUT2D eigenvalue weighted by atomic mass is 32.2. The molecular weight excluding hydrogens is 255 g/mol. The summed E-state index contributed by atoms with van der Waals surface area (Å²) < 4.78 is 38.9. The van der Waals surface area contributed by atoms with Crippen molar-refractivity contribution < 1.29 is 12.8 Å². The van der Waals surface area contributed by atoms with Crippen LogP contribution in [-0.4, -0.2) is 28.1 Å². The van der Waals surface area contributed by atoms with Crippen LogP contribution in [0.3, 0.4) is 0 Å². The minimum atomic E-state index is -3.34. The van der Waals surface area contributed by atoms with Gasteiger partial charge in [0, 0.05) is 6.54 Å². The first-order valence-corrected chi connectivity index (χ1v) is 7.63. The molecule has 2 rings (SSSR count). The molecule has 0 aromatic heterocycles. The van der Waals surface area contributed by atoms with Crippen molar-refractivity contribution in [2.24, 2.45) is 5.92 Å². The maximum Gasteiger partial charge on any atom is 0.215 e. The van der Waals surface area contributed by atoms with Crippen LogP contribution in [0, 0.1) is 11.7 Å². The molecule has 0 amide bonds. The van der Waals surface area contributed by atoms with E-state index in [9.17, 15) is 12.8 Å². The highest BCUT2D eigenvalue weighted by Crippen LogP contribution is 2.09. The molecule has 100 valence electrons. The SMILES string of the molecule is O=S(=O)(Cc1ccc(F)cc1)NCC1CCNC1. The normalized spacial score (nSPS) is 20.2. The van der Waals surface area contributed by atoms with Gasteiger partial charge < -0.3 is 5.32 Å². The average Bonchev–Trinajstić information content (AvgIpc) is 2.83. The van der Waals surface area contributed by atoms with E-state index in [0.29, 0.717) is 18.0 Å². The molecule has 1 fully saturated rings. The second kappa shape index (κ2) is 5.77. The minimum Gasteiger partial charge on any atom is -0.316 e. The molecule has 1 aromatic rings. The Morgan fingerprint density at radius 1 is 1.33 bits per heavy atom. The standard InChI is InChI=1S/C12H17FN2O2S/c13-12-3-1-10(2-4-12)9-18(16,17)15-8-11-5-6-14-7-11/h1-4,11,14-15H,5-9H2. The number of sulfonamides is 1. The summed E-state index contributed by atoms with van der Waals surface area (Å²) >= 11 is 0. The third-order valence-electron chi connectivity index (χ3n) is 3.02. The van der Waals surface area contributed by atoms with Gasteiger partial charge >= 0.3 is 0 Å². The van der Waals surface area contributed by atoms with Gasteiger partial charge in [-0.25, -0.2) is 17.5 Å². The predicted octanol–water partition coefficient (Wildman–Crippen LogP) is 0.855. The Kier molecular flexibility index (Phi) is 4.31. The van der Waals surface area contributed by atoms with Crippen molar-refractivity contribution in [1.82, 2.24) is 10.0 Å². The Morgan fingerprint density at radius 3 is 2.67 bits per heavy atom. The number of benzene rings is 1. The second-order valence-corrected chi connectivity index (χ2v) is 6.40. The molecule has 1 heterocycles. The van der Waals surface area contributed by atoms with Crippen LogP contribution in [-0.2, 0) is 15.8 Å². The van der Waals surface area contributed by atoms with E-state index in [-0.39, 0.29) is 11.6 Å². The second-order valence-electron chi connectivity index (χ2n) is 4.59. The van der Waals surface area contributed by atoms with E-state index < -0.39 is 10.0 Å². The van der Waals surface area contributed by atoms with Crippen LogP contribution in [0.1, 0.15) is 12.0 Å². The molecule has 0 spiro atoms. The van der Waals surface area contributed by atoms with Crippen molar-refractivity contribution >= 4 is 10.0 Å². The van der Waals surface area contributed by atoms with Crippen molar-refractivity contribution in [3.8, 4) is 0 Å². The van der Waals surface area contributed by atoms with Crippen LogP contribution in [0.25, 0.3) is 0 Å². The fourth-order valence-electron chi connectivity index (χ4n) is 1.98. The average molecular weight is 272 g/mol. The lowest BCUT2D eigenvalue weighted by atomic mass is 10.1. The first-order valence-electron chi connectivity index (χ1n) is 5.98. The Hall–Kier alpha value is -0.980. The molecule has 2 N–H and O–H groups in total. The van der Waals surface area contributed by atoms with Gasteiger partial charge in [-0.3, -0.25) is 0 Å². The summed E-state index contributed by atoms with van der Waals surface area (Å²) in [5, 5.41) is 3.19. The summed E-state index contributed by atoms with van der Waals surface area (Å²) in [4.78, 5) is 0. The van der Waals surface area contributed by atoms with Gasteiger partial charge in [0.2, 0.25) is 10.0 Å². The van der Waals surface area contributed by atoms with Crippen molar-refractivity contribution in [3.05, 3.63) is 35.6 Å². The molecular formula is C12H17FN2O2S. The van der Waals surface area contributed by atoms with Crippen molar-refractivity contribution in [2.75, 3.05) is 19.6 Å². The highest BCUT2D eigenvalue weighted by Gasteiger charge is 2.18. The maximum atomic E-state index is 12.7. The zero-order chi connectivity index (χ0) is 13.0. The molecule has 0 aliphatic carbocycles. The molecule has 0 bridgehead atoms. The number of rotatable bonds is 5. The van der Waals surface area contributed by atoms with Crippen molar-refractivity contribution in [1.29, 1.82) is 0 Å². The Bertz CT molecular complexity index is 481. The maximum absolute atomic E-state index is 12.7. The van der Waals surface area contributed by atoms with Crippen LogP contribution in [0.4, 0.5) is 4.39 Å². The Labute approximate surface area is 107 Å². The van der Waals surface area contributed by atoms with Gasteiger partial charge in [0.1, 0.15) is 5.82 Å². The van der Waals surface area contributed by atoms with E-state index in [1.54, 1.807) is 0 Å². The third kappa shape index (κ3) is 4.04. The fourth-order valence-corrected chi connectivity index (χ4v) is 3.21. The number of nitrogens with one attached hydrogen (secondary N) is 2. The molecule has 0 saturated carbocycles. The topological polar surface area (TPSA) is 58.2 Å². The molecule has 0 radical (unpaired) electrons. The van der Waals surface area contributed by atoms with Crippen LogP contribution >= 0.6 is 0 Å². The predicted molar refractivity (Wildman–Crippen MR) is 68.0 cm³/mol. The molecule has 1 unspecified atom stereocenters. The highest BCUT2D eigenvalue weighted by molar-refractivity contribution is 7.88. The molecule has 18 heavy (non-hydrogen) atoms. The van der Waals surface area contributed by atoms with Crippen LogP contribution in [0.5, 0.6) is 0 Å². The first kappa shape index (κ1) is 13.5. The summed E-state index contributed by atoms with van der Waals surface area (Å²) in [5.74, 6) is -0.0953. The largest absolute Gasteiger partial charge is 0.316 e. The van der Waals surface area contributed by atoms with E-state index in [0.717, 1.165) is 19.5 Å². The number of hydrogen-bond acceptors (Lipinski definition) is 3. The summed E-state index contributed by atoms with van der Waals surface area (Å²) in [7, 11) is -3.34. The van der Waals surface area contributed by atoms with E-state index in [4.69, 9.17) is 0 Å². The van der Waals surface area contributed by atoms with Crippen LogP contribution in [0.2, 0.25) is 0 Å². The molecule has 1 aromatic carbocycles. The molecule has 1 atom stereocenters. The van der Waals surface area contributed by atoms with Crippen LogP contribution < -0.4 is 10.0 Å². The van der Waals surface area contributed by atoms with E-state index in [1.165, 1.54) is 24.3 Å². The minimum absolute atomic E-state index is 0.104. The van der Waals surface area contributed by atoms with E-state index in [1.807, 2.05) is 0 Å². The van der Waals surface area contributed by atoms with Gasteiger partial charge in [0.15, 0.2) is 0 Å². The van der Waals surface area contributed by atoms with Crippen LogP contribution in [0.15, 0.2) is 24.3 Å².